The van der Waals surface area contributed by atoms with Gasteiger partial charge < -0.3 is 14.4 Å². The van der Waals surface area contributed by atoms with E-state index in [9.17, 15) is 4.79 Å². The molecule has 0 atom stereocenters. The lowest BCUT2D eigenvalue weighted by Gasteiger charge is -2.16. The van der Waals surface area contributed by atoms with E-state index in [4.69, 9.17) is 9.47 Å². The van der Waals surface area contributed by atoms with Crippen LogP contribution >= 0.6 is 22.7 Å². The van der Waals surface area contributed by atoms with Crippen LogP contribution < -0.4 is 9.64 Å². The number of thiazole rings is 1. The number of methoxy groups -OCH3 is 1. The number of thiophene rings is 1. The lowest BCUT2D eigenvalue weighted by molar-refractivity contribution is -0.133. The topological polar surface area (TPSA) is 76.4 Å². The molecule has 196 valence electrons. The Morgan fingerprint density at radius 3 is 2.68 bits per heavy atom. The van der Waals surface area contributed by atoms with Gasteiger partial charge in [0.1, 0.15) is 10.6 Å². The van der Waals surface area contributed by atoms with Crippen molar-refractivity contribution < 1.29 is 14.3 Å². The van der Waals surface area contributed by atoms with Crippen LogP contribution in [0.25, 0.3) is 21.2 Å². The van der Waals surface area contributed by atoms with Gasteiger partial charge in [-0.25, -0.2) is 9.78 Å². The average molecular weight is 547 g/mol. The van der Waals surface area contributed by atoms with Crippen LogP contribution in [0.2, 0.25) is 0 Å². The van der Waals surface area contributed by atoms with Gasteiger partial charge in [0.25, 0.3) is 0 Å². The number of likely N-dealkylation sites (N-methyl/N-ethyl adjacent to an activating group) is 1. The van der Waals surface area contributed by atoms with Crippen molar-refractivity contribution in [2.75, 3.05) is 31.7 Å². The van der Waals surface area contributed by atoms with E-state index in [1.807, 2.05) is 42.5 Å². The van der Waals surface area contributed by atoms with E-state index in [0.29, 0.717) is 17.3 Å². The molecule has 4 aromatic rings. The molecule has 1 aliphatic rings. The molecule has 0 radical (unpaired) electrons. The summed E-state index contributed by atoms with van der Waals surface area (Å²) in [6.45, 7) is 7.06. The number of carbonyl (C=O) groups excluding carboxylic acids is 1. The summed E-state index contributed by atoms with van der Waals surface area (Å²) in [6, 6.07) is 15.8. The van der Waals surface area contributed by atoms with Gasteiger partial charge in [-0.15, -0.1) is 21.6 Å². The van der Waals surface area contributed by atoms with Gasteiger partial charge in [0, 0.05) is 23.7 Å². The zero-order valence-electron chi connectivity index (χ0n) is 21.8. The fourth-order valence-corrected chi connectivity index (χ4v) is 6.37. The summed E-state index contributed by atoms with van der Waals surface area (Å²) < 4.78 is 11.8. The van der Waals surface area contributed by atoms with Crippen LogP contribution in [0.1, 0.15) is 42.7 Å². The molecule has 0 amide bonds. The lowest BCUT2D eigenvalue weighted by Crippen LogP contribution is -2.18. The SMILES string of the molecule is CCCCOc1ccc(/C(=C/c2cc3sc(N=Nc4ccc5c(c4)CCN5CC)nc3s2)C(=O)OC)cc1. The number of azo groups is 1. The van der Waals surface area contributed by atoms with Crippen molar-refractivity contribution in [2.24, 2.45) is 10.2 Å². The molecule has 1 aliphatic heterocycles. The number of aromatic nitrogens is 1. The van der Waals surface area contributed by atoms with Crippen molar-refractivity contribution in [1.82, 2.24) is 4.98 Å². The molecule has 7 nitrogen and oxygen atoms in total. The van der Waals surface area contributed by atoms with Gasteiger partial charge in [0.2, 0.25) is 5.13 Å². The number of nitrogens with zero attached hydrogens (tertiary/aromatic N) is 4. The van der Waals surface area contributed by atoms with Gasteiger partial charge in [-0.05, 0) is 73.4 Å². The molecule has 0 bridgehead atoms. The van der Waals surface area contributed by atoms with Gasteiger partial charge >= 0.3 is 5.97 Å². The van der Waals surface area contributed by atoms with Crippen LogP contribution in [0.3, 0.4) is 0 Å². The Morgan fingerprint density at radius 1 is 1.11 bits per heavy atom. The predicted molar refractivity (Wildman–Crippen MR) is 156 cm³/mol. The molecule has 0 spiro atoms. The molecular formula is C29H30N4O3S2. The first-order valence-corrected chi connectivity index (χ1v) is 14.4. The van der Waals surface area contributed by atoms with Crippen LogP contribution in [0.15, 0.2) is 58.8 Å². The maximum atomic E-state index is 12.6. The second-order valence-electron chi connectivity index (χ2n) is 8.93. The quantitative estimate of drug-likeness (QED) is 0.0870. The van der Waals surface area contributed by atoms with Gasteiger partial charge in [-0.2, -0.15) is 0 Å². The van der Waals surface area contributed by atoms with Crippen molar-refractivity contribution in [3.8, 4) is 5.75 Å². The number of esters is 1. The van der Waals surface area contributed by atoms with Crippen molar-refractivity contribution >= 4 is 66.3 Å². The number of carbonyl (C=O) groups is 1. The van der Waals surface area contributed by atoms with Crippen LogP contribution in [-0.2, 0) is 16.0 Å². The monoisotopic (exact) mass is 546 g/mol. The van der Waals surface area contributed by atoms with Gasteiger partial charge in [-0.3, -0.25) is 0 Å². The van der Waals surface area contributed by atoms with Gasteiger partial charge in [-0.1, -0.05) is 36.8 Å². The van der Waals surface area contributed by atoms with Crippen LogP contribution in [0.4, 0.5) is 16.5 Å². The van der Waals surface area contributed by atoms with Crippen molar-refractivity contribution in [3.05, 3.63) is 64.5 Å². The summed E-state index contributed by atoms with van der Waals surface area (Å²) in [5.41, 5.74) is 4.72. The molecule has 2 aromatic carbocycles. The fraction of sp³-hybridized carbons (Fsp3) is 0.310. The first-order chi connectivity index (χ1) is 18.6. The minimum atomic E-state index is -0.389. The van der Waals surface area contributed by atoms with Gasteiger partial charge in [0.05, 0.1) is 29.7 Å². The minimum absolute atomic E-state index is 0.389. The Morgan fingerprint density at radius 2 is 1.95 bits per heavy atom. The van der Waals surface area contributed by atoms with Gasteiger partial charge in [0.15, 0.2) is 0 Å². The van der Waals surface area contributed by atoms with E-state index in [2.05, 4.69) is 46.1 Å². The third-order valence-electron chi connectivity index (χ3n) is 6.41. The maximum absolute atomic E-state index is 12.6. The number of unbranched alkanes of at least 4 members (excludes halogenated alkanes) is 1. The second kappa shape index (κ2) is 11.9. The molecule has 0 saturated carbocycles. The highest BCUT2D eigenvalue weighted by atomic mass is 32.1. The Balaban J connectivity index is 1.32. The molecular weight excluding hydrogens is 516 g/mol. The van der Waals surface area contributed by atoms with E-state index in [1.165, 1.54) is 41.0 Å². The number of ether oxygens (including phenoxy) is 2. The summed E-state index contributed by atoms with van der Waals surface area (Å²) in [5.74, 6) is 0.400. The number of hydrogen-bond acceptors (Lipinski definition) is 9. The molecule has 0 aliphatic carbocycles. The molecule has 9 heteroatoms. The molecule has 2 aromatic heterocycles. The third-order valence-corrected chi connectivity index (χ3v) is 8.40. The molecule has 0 N–H and O–H groups in total. The standard InChI is InChI=1S/C29H30N4O3S2/c1-4-6-15-36-22-10-7-19(8-11-22)24(28(34)35-3)17-23-18-26-27(37-23)30-29(38-26)32-31-21-9-12-25-20(16-21)13-14-33(25)5-2/h7-12,16-18H,4-6,13-15H2,1-3H3/b24-17-,32-31?. The highest BCUT2D eigenvalue weighted by Gasteiger charge is 2.18. The lowest BCUT2D eigenvalue weighted by atomic mass is 10.1. The van der Waals surface area contributed by atoms with Crippen LogP contribution in [0.5, 0.6) is 5.75 Å². The number of benzene rings is 2. The van der Waals surface area contributed by atoms with E-state index < -0.39 is 0 Å². The summed E-state index contributed by atoms with van der Waals surface area (Å²) in [6.07, 6.45) is 4.98. The van der Waals surface area contributed by atoms with E-state index in [0.717, 1.165) is 63.8 Å². The third kappa shape index (κ3) is 5.79. The summed E-state index contributed by atoms with van der Waals surface area (Å²) >= 11 is 2.99. The average Bonchev–Trinajstić information content (AvgIpc) is 3.63. The number of rotatable bonds is 10. The van der Waals surface area contributed by atoms with Crippen LogP contribution in [0, 0.1) is 0 Å². The number of anilines is 1. The van der Waals surface area contributed by atoms with Crippen molar-refractivity contribution in [2.45, 2.75) is 33.1 Å². The summed E-state index contributed by atoms with van der Waals surface area (Å²) in [4.78, 5) is 21.4. The Hall–Kier alpha value is -3.56. The second-order valence-corrected chi connectivity index (χ2v) is 11.0. The smallest absolute Gasteiger partial charge is 0.338 e. The Kier molecular flexibility index (Phi) is 8.14. The highest BCUT2D eigenvalue weighted by Crippen LogP contribution is 2.37. The molecule has 5 rings (SSSR count). The van der Waals surface area contributed by atoms with Crippen molar-refractivity contribution in [3.63, 3.8) is 0 Å². The zero-order chi connectivity index (χ0) is 26.5. The maximum Gasteiger partial charge on any atom is 0.338 e. The molecule has 0 fully saturated rings. The summed E-state index contributed by atoms with van der Waals surface area (Å²) in [7, 11) is 1.39. The molecule has 0 unspecified atom stereocenters. The highest BCUT2D eigenvalue weighted by molar-refractivity contribution is 7.29. The predicted octanol–water partition coefficient (Wildman–Crippen LogP) is 8.05. The first kappa shape index (κ1) is 26.1. The largest absolute Gasteiger partial charge is 0.494 e. The zero-order valence-corrected chi connectivity index (χ0v) is 23.4. The molecule has 3 heterocycles. The normalized spacial score (nSPS) is 13.4. The van der Waals surface area contributed by atoms with E-state index in [1.54, 1.807) is 0 Å². The van der Waals surface area contributed by atoms with E-state index >= 15 is 0 Å². The Labute approximate surface area is 230 Å². The van der Waals surface area contributed by atoms with Crippen LogP contribution in [-0.4, -0.2) is 37.8 Å². The number of fused-ring (bicyclic) bond motifs is 2. The molecule has 0 saturated heterocycles. The van der Waals surface area contributed by atoms with Crippen molar-refractivity contribution in [1.29, 1.82) is 0 Å². The Bertz CT molecular complexity index is 1460. The summed E-state index contributed by atoms with van der Waals surface area (Å²) in [5, 5.41) is 9.43. The first-order valence-electron chi connectivity index (χ1n) is 12.8. The fourth-order valence-electron chi connectivity index (χ4n) is 4.38. The minimum Gasteiger partial charge on any atom is -0.494 e. The number of hydrogen-bond donors (Lipinski definition) is 0. The molecule has 38 heavy (non-hydrogen) atoms. The van der Waals surface area contributed by atoms with E-state index in [-0.39, 0.29) is 5.97 Å².